The topological polar surface area (TPSA) is 56.7 Å². The van der Waals surface area contributed by atoms with Crippen molar-refractivity contribution in [3.63, 3.8) is 0 Å². The molecule has 5 nitrogen and oxygen atoms in total. The molecule has 0 aliphatic heterocycles. The number of hydrogen-bond donors (Lipinski definition) is 2. The first-order valence-electron chi connectivity index (χ1n) is 8.66. The molecule has 2 aromatic carbocycles. The summed E-state index contributed by atoms with van der Waals surface area (Å²) in [7, 11) is 3.46. The first-order valence-corrected chi connectivity index (χ1v) is 9.45. The summed E-state index contributed by atoms with van der Waals surface area (Å²) < 4.78 is 13.9. The van der Waals surface area contributed by atoms with E-state index in [1.165, 1.54) is 12.1 Å². The van der Waals surface area contributed by atoms with Gasteiger partial charge < -0.3 is 15.5 Å². The number of rotatable bonds is 7. The van der Waals surface area contributed by atoms with Crippen molar-refractivity contribution in [2.24, 2.45) is 4.99 Å². The molecule has 8 heteroatoms. The van der Waals surface area contributed by atoms with Crippen LogP contribution in [0.25, 0.3) is 0 Å². The molecule has 0 saturated heterocycles. The second-order valence-electron chi connectivity index (χ2n) is 6.07. The van der Waals surface area contributed by atoms with Crippen LogP contribution in [0.4, 0.5) is 4.39 Å². The Labute approximate surface area is 191 Å². The van der Waals surface area contributed by atoms with Crippen molar-refractivity contribution in [2.75, 3.05) is 20.6 Å². The van der Waals surface area contributed by atoms with Crippen molar-refractivity contribution in [1.29, 1.82) is 0 Å². The fraction of sp³-hybridized carbons (Fsp3) is 0.300. The summed E-state index contributed by atoms with van der Waals surface area (Å²) in [5.74, 6) is 0.388. The van der Waals surface area contributed by atoms with Crippen molar-refractivity contribution >= 4 is 51.8 Å². The van der Waals surface area contributed by atoms with Crippen molar-refractivity contribution in [3.8, 4) is 0 Å². The van der Waals surface area contributed by atoms with Gasteiger partial charge >= 0.3 is 0 Å². The van der Waals surface area contributed by atoms with Crippen molar-refractivity contribution in [2.45, 2.75) is 19.5 Å². The van der Waals surface area contributed by atoms with Crippen LogP contribution in [-0.4, -0.2) is 37.4 Å². The monoisotopic (exact) mass is 562 g/mol. The maximum absolute atomic E-state index is 12.9. The van der Waals surface area contributed by atoms with Crippen LogP contribution >= 0.6 is 39.9 Å². The summed E-state index contributed by atoms with van der Waals surface area (Å²) >= 11 is 3.50. The van der Waals surface area contributed by atoms with Crippen LogP contribution in [0.1, 0.15) is 17.5 Å². The third kappa shape index (κ3) is 8.14. The van der Waals surface area contributed by atoms with Gasteiger partial charge in [-0.05, 0) is 29.3 Å². The summed E-state index contributed by atoms with van der Waals surface area (Å²) in [5, 5.41) is 6.26. The number of nitrogens with one attached hydrogen (secondary N) is 2. The normalized spacial score (nSPS) is 10.8. The van der Waals surface area contributed by atoms with Gasteiger partial charge in [0.2, 0.25) is 5.91 Å². The molecule has 0 bridgehead atoms. The summed E-state index contributed by atoms with van der Waals surface area (Å²) in [6.07, 6.45) is 0.359. The number of hydrogen-bond acceptors (Lipinski definition) is 2. The highest BCUT2D eigenvalue weighted by Crippen LogP contribution is 2.17. The lowest BCUT2D eigenvalue weighted by Crippen LogP contribution is -2.39. The van der Waals surface area contributed by atoms with Gasteiger partial charge in [-0.3, -0.25) is 9.79 Å². The number of benzene rings is 2. The molecule has 0 heterocycles. The lowest BCUT2D eigenvalue weighted by molar-refractivity contribution is -0.130. The minimum atomic E-state index is -0.258. The van der Waals surface area contributed by atoms with E-state index in [9.17, 15) is 9.18 Å². The Balaban J connectivity index is 0.00000392. The summed E-state index contributed by atoms with van der Waals surface area (Å²) in [6, 6.07) is 14.1. The van der Waals surface area contributed by atoms with E-state index in [0.29, 0.717) is 32.0 Å². The van der Waals surface area contributed by atoms with Gasteiger partial charge in [-0.1, -0.05) is 46.3 Å². The fourth-order valence-electron chi connectivity index (χ4n) is 2.46. The molecule has 0 unspecified atom stereocenters. The zero-order valence-corrected chi connectivity index (χ0v) is 19.8. The molecular formula is C20H25BrFIN4O. The van der Waals surface area contributed by atoms with E-state index in [-0.39, 0.29) is 35.7 Å². The van der Waals surface area contributed by atoms with Crippen LogP contribution < -0.4 is 10.6 Å². The Morgan fingerprint density at radius 3 is 2.46 bits per heavy atom. The molecule has 0 spiro atoms. The number of halogens is 3. The van der Waals surface area contributed by atoms with Crippen LogP contribution in [0.15, 0.2) is 58.0 Å². The number of carbonyl (C=O) groups is 1. The fourth-order valence-corrected chi connectivity index (χ4v) is 2.87. The number of carbonyl (C=O) groups excluding carboxylic acids is 1. The summed E-state index contributed by atoms with van der Waals surface area (Å²) in [4.78, 5) is 18.2. The number of guanidine groups is 1. The van der Waals surface area contributed by atoms with Gasteiger partial charge in [-0.2, -0.15) is 0 Å². The molecule has 0 saturated carbocycles. The maximum Gasteiger partial charge on any atom is 0.224 e. The second-order valence-corrected chi connectivity index (χ2v) is 6.92. The molecule has 1 amide bonds. The standard InChI is InChI=1S/C20H24BrFN4O.HI/c1-23-20(25-13-15-7-9-17(22)10-8-15)24-12-11-19(27)26(2)14-16-5-3-4-6-18(16)21;/h3-10H,11-14H2,1-2H3,(H2,23,24,25);1H. The maximum atomic E-state index is 12.9. The lowest BCUT2D eigenvalue weighted by atomic mass is 10.2. The van der Waals surface area contributed by atoms with Crippen LogP contribution in [0.2, 0.25) is 0 Å². The zero-order chi connectivity index (χ0) is 19.6. The number of aliphatic imine (C=N–C) groups is 1. The third-order valence-corrected chi connectivity index (χ3v) is 4.79. The smallest absolute Gasteiger partial charge is 0.224 e. The Morgan fingerprint density at radius 1 is 1.14 bits per heavy atom. The molecule has 2 N–H and O–H groups in total. The second kappa shape index (κ2) is 12.7. The summed E-state index contributed by atoms with van der Waals surface area (Å²) in [6.45, 7) is 1.55. The molecule has 0 radical (unpaired) electrons. The summed E-state index contributed by atoms with van der Waals surface area (Å²) in [5.41, 5.74) is 2.02. The molecule has 0 fully saturated rings. The molecule has 152 valence electrons. The first kappa shape index (κ1) is 24.4. The quantitative estimate of drug-likeness (QED) is 0.305. The van der Waals surface area contributed by atoms with E-state index in [1.807, 2.05) is 24.3 Å². The minimum absolute atomic E-state index is 0. The SMILES string of the molecule is CN=C(NCCC(=O)N(C)Cc1ccccc1Br)NCc1ccc(F)cc1.I. The molecule has 0 aromatic heterocycles. The van der Waals surface area contributed by atoms with Crippen LogP contribution in [-0.2, 0) is 17.9 Å². The van der Waals surface area contributed by atoms with Crippen molar-refractivity contribution in [3.05, 3.63) is 69.9 Å². The van der Waals surface area contributed by atoms with Gasteiger partial charge in [-0.15, -0.1) is 24.0 Å². The van der Waals surface area contributed by atoms with Crippen molar-refractivity contribution < 1.29 is 9.18 Å². The average molecular weight is 563 g/mol. The predicted octanol–water partition coefficient (Wildman–Crippen LogP) is 3.92. The minimum Gasteiger partial charge on any atom is -0.356 e. The number of nitrogens with zero attached hydrogens (tertiary/aromatic N) is 2. The van der Waals surface area contributed by atoms with Gasteiger partial charge in [0.1, 0.15) is 5.82 Å². The van der Waals surface area contributed by atoms with E-state index in [2.05, 4.69) is 31.6 Å². The molecule has 0 aliphatic carbocycles. The Bertz CT molecular complexity index is 786. The number of amides is 1. The Kier molecular flexibility index (Phi) is 11.1. The van der Waals surface area contributed by atoms with E-state index in [1.54, 1.807) is 31.1 Å². The van der Waals surface area contributed by atoms with Crippen LogP contribution in [0.5, 0.6) is 0 Å². The predicted molar refractivity (Wildman–Crippen MR) is 125 cm³/mol. The van der Waals surface area contributed by atoms with Crippen molar-refractivity contribution in [1.82, 2.24) is 15.5 Å². The van der Waals surface area contributed by atoms with Crippen LogP contribution in [0.3, 0.4) is 0 Å². The molecular weight excluding hydrogens is 538 g/mol. The van der Waals surface area contributed by atoms with E-state index >= 15 is 0 Å². The van der Waals surface area contributed by atoms with Crippen LogP contribution in [0, 0.1) is 5.82 Å². The third-order valence-electron chi connectivity index (χ3n) is 4.02. The average Bonchev–Trinajstić information content (AvgIpc) is 2.67. The Hall–Kier alpha value is -1.68. The van der Waals surface area contributed by atoms with Gasteiger partial charge in [0, 0.05) is 44.6 Å². The van der Waals surface area contributed by atoms with E-state index < -0.39 is 0 Å². The molecule has 0 aliphatic rings. The van der Waals surface area contributed by atoms with Gasteiger partial charge in [0.15, 0.2) is 5.96 Å². The Morgan fingerprint density at radius 2 is 1.82 bits per heavy atom. The van der Waals surface area contributed by atoms with E-state index in [4.69, 9.17) is 0 Å². The molecule has 2 aromatic rings. The molecule has 2 rings (SSSR count). The highest BCUT2D eigenvalue weighted by atomic mass is 127. The molecule has 0 atom stereocenters. The lowest BCUT2D eigenvalue weighted by Gasteiger charge is -2.19. The van der Waals surface area contributed by atoms with E-state index in [0.717, 1.165) is 15.6 Å². The van der Waals surface area contributed by atoms with Gasteiger partial charge in [0.05, 0.1) is 0 Å². The molecule has 28 heavy (non-hydrogen) atoms. The van der Waals surface area contributed by atoms with Gasteiger partial charge in [-0.25, -0.2) is 4.39 Å². The highest BCUT2D eigenvalue weighted by Gasteiger charge is 2.11. The largest absolute Gasteiger partial charge is 0.356 e. The highest BCUT2D eigenvalue weighted by molar-refractivity contribution is 14.0. The van der Waals surface area contributed by atoms with Gasteiger partial charge in [0.25, 0.3) is 0 Å². The first-order chi connectivity index (χ1) is 13.0. The zero-order valence-electron chi connectivity index (χ0n) is 15.9.